The molecule has 10 nitrogen and oxygen atoms in total. The van der Waals surface area contributed by atoms with Crippen LogP contribution in [0.1, 0.15) is 40.3 Å². The summed E-state index contributed by atoms with van der Waals surface area (Å²) in [4.78, 5) is 22.7. The molecule has 0 spiro atoms. The molecule has 0 fully saturated rings. The average molecular weight is 685 g/mol. The van der Waals surface area contributed by atoms with E-state index < -0.39 is 11.6 Å². The van der Waals surface area contributed by atoms with Gasteiger partial charge in [0.05, 0.1) is 20.3 Å². The topological polar surface area (TPSA) is 138 Å². The second-order valence-corrected chi connectivity index (χ2v) is 11.5. The molecule has 2 atom stereocenters. The zero-order chi connectivity index (χ0) is 32.4. The van der Waals surface area contributed by atoms with Crippen LogP contribution in [0.15, 0.2) is 112 Å². The molecule has 0 aromatic heterocycles. The van der Waals surface area contributed by atoms with Crippen LogP contribution < -0.4 is 14.8 Å². The van der Waals surface area contributed by atoms with Crippen molar-refractivity contribution in [2.75, 3.05) is 20.3 Å². The number of amides is 1. The first-order valence-corrected chi connectivity index (χ1v) is 15.6. The zero-order valence-corrected chi connectivity index (χ0v) is 26.9. The van der Waals surface area contributed by atoms with Crippen molar-refractivity contribution < 1.29 is 24.1 Å². The van der Waals surface area contributed by atoms with Crippen LogP contribution in [0.3, 0.4) is 0 Å². The molecule has 4 aromatic rings. The number of hydrogen-bond donors (Lipinski definition) is 2. The fourth-order valence-corrected chi connectivity index (χ4v) is 5.84. The number of rotatable bonds is 14. The number of benzene rings is 4. The highest BCUT2D eigenvalue weighted by atomic mass is 79.9. The van der Waals surface area contributed by atoms with E-state index in [9.17, 15) is 4.79 Å². The lowest BCUT2D eigenvalue weighted by atomic mass is 9.80. The van der Waals surface area contributed by atoms with Crippen LogP contribution in [0.25, 0.3) is 10.4 Å². The van der Waals surface area contributed by atoms with Gasteiger partial charge >= 0.3 is 0 Å². The lowest BCUT2D eigenvalue weighted by Crippen LogP contribution is -2.50. The highest BCUT2D eigenvalue weighted by Gasteiger charge is 2.54. The number of aliphatic hydroxyl groups is 1. The fourth-order valence-electron chi connectivity index (χ4n) is 5.41. The number of methoxy groups -OCH3 is 1. The number of ether oxygens (including phenoxy) is 3. The molecule has 1 aliphatic heterocycles. The van der Waals surface area contributed by atoms with Gasteiger partial charge in [0, 0.05) is 46.5 Å². The Bertz CT molecular complexity index is 1740. The Balaban J connectivity index is 1.62. The number of para-hydroxylation sites is 1. The van der Waals surface area contributed by atoms with E-state index in [0.717, 1.165) is 21.2 Å². The van der Waals surface area contributed by atoms with Gasteiger partial charge in [-0.2, -0.15) is 0 Å². The van der Waals surface area contributed by atoms with Crippen LogP contribution in [-0.4, -0.2) is 42.8 Å². The Morgan fingerprint density at radius 1 is 1.02 bits per heavy atom. The molecule has 5 rings (SSSR count). The molecule has 0 saturated carbocycles. The van der Waals surface area contributed by atoms with E-state index >= 15 is 0 Å². The van der Waals surface area contributed by atoms with Crippen molar-refractivity contribution in [3.8, 4) is 11.5 Å². The largest absolute Gasteiger partial charge is 0.496 e. The molecule has 236 valence electrons. The third kappa shape index (κ3) is 7.34. The summed E-state index contributed by atoms with van der Waals surface area (Å²) in [6.07, 6.45) is -0.132. The Labute approximate surface area is 275 Å². The van der Waals surface area contributed by atoms with Gasteiger partial charge in [-0.05, 0) is 58.6 Å². The second-order valence-electron chi connectivity index (χ2n) is 10.6. The van der Waals surface area contributed by atoms with Crippen molar-refractivity contribution in [2.45, 2.75) is 37.6 Å². The molecule has 1 aliphatic rings. The molecule has 46 heavy (non-hydrogen) atoms. The number of azide groups is 1. The van der Waals surface area contributed by atoms with Crippen LogP contribution in [0.5, 0.6) is 11.5 Å². The predicted molar refractivity (Wildman–Crippen MR) is 179 cm³/mol. The van der Waals surface area contributed by atoms with E-state index in [2.05, 4.69) is 31.3 Å². The predicted octanol–water partition coefficient (Wildman–Crippen LogP) is 6.85. The maximum atomic E-state index is 14.7. The van der Waals surface area contributed by atoms with Gasteiger partial charge in [-0.25, -0.2) is 4.99 Å². The van der Waals surface area contributed by atoms with Crippen molar-refractivity contribution in [1.29, 1.82) is 0 Å². The monoisotopic (exact) mass is 683 g/mol. The summed E-state index contributed by atoms with van der Waals surface area (Å²) in [7, 11) is 1.59. The van der Waals surface area contributed by atoms with Crippen LogP contribution in [0, 0.1) is 0 Å². The first-order chi connectivity index (χ1) is 22.5. The second kappa shape index (κ2) is 15.4. The number of nitrogens with zero attached hydrogens (tertiary/aromatic N) is 4. The van der Waals surface area contributed by atoms with E-state index in [1.54, 1.807) is 19.2 Å². The van der Waals surface area contributed by atoms with E-state index in [0.29, 0.717) is 41.6 Å². The third-order valence-electron chi connectivity index (χ3n) is 7.72. The summed E-state index contributed by atoms with van der Waals surface area (Å²) in [5.41, 5.74) is 11.4. The van der Waals surface area contributed by atoms with Crippen molar-refractivity contribution >= 4 is 27.7 Å². The SMILES string of the molecule is COc1ccccc1CNC(=O)[C@]1(Cc2ccccc2Br)N=C(c2ccc(OCCCO)cc2)O[C@@H]1c1ccccc1CN=[N+]=[N-]. The summed E-state index contributed by atoms with van der Waals surface area (Å²) >= 11 is 3.67. The summed E-state index contributed by atoms with van der Waals surface area (Å²) < 4.78 is 18.8. The molecule has 2 N–H and O–H groups in total. The lowest BCUT2D eigenvalue weighted by molar-refractivity contribution is -0.129. The van der Waals surface area contributed by atoms with Gasteiger partial charge < -0.3 is 24.6 Å². The molecule has 0 saturated heterocycles. The highest BCUT2D eigenvalue weighted by molar-refractivity contribution is 9.10. The van der Waals surface area contributed by atoms with Gasteiger partial charge in [0.2, 0.25) is 5.90 Å². The smallest absolute Gasteiger partial charge is 0.252 e. The van der Waals surface area contributed by atoms with Crippen molar-refractivity contribution in [2.24, 2.45) is 10.1 Å². The van der Waals surface area contributed by atoms with Gasteiger partial charge in [0.25, 0.3) is 5.91 Å². The fraction of sp³-hybridized carbons (Fsp3) is 0.257. The summed E-state index contributed by atoms with van der Waals surface area (Å²) in [5, 5.41) is 16.0. The molecule has 1 heterocycles. The number of aliphatic hydroxyl groups excluding tert-OH is 1. The van der Waals surface area contributed by atoms with Crippen molar-refractivity contribution in [3.05, 3.63) is 140 Å². The van der Waals surface area contributed by atoms with Gasteiger partial charge in [0.1, 0.15) is 11.5 Å². The van der Waals surface area contributed by atoms with E-state index in [1.807, 2.05) is 84.9 Å². The summed E-state index contributed by atoms with van der Waals surface area (Å²) in [6.45, 7) is 0.719. The Hall–Kier alpha value is -4.83. The summed E-state index contributed by atoms with van der Waals surface area (Å²) in [6, 6.07) is 30.0. The van der Waals surface area contributed by atoms with Crippen molar-refractivity contribution in [1.82, 2.24) is 5.32 Å². The van der Waals surface area contributed by atoms with Crippen molar-refractivity contribution in [3.63, 3.8) is 0 Å². The molecule has 0 aliphatic carbocycles. The molecule has 0 unspecified atom stereocenters. The lowest BCUT2D eigenvalue weighted by Gasteiger charge is -2.32. The first-order valence-electron chi connectivity index (χ1n) is 14.8. The number of carbonyl (C=O) groups excluding carboxylic acids is 1. The summed E-state index contributed by atoms with van der Waals surface area (Å²) in [5.74, 6) is 1.26. The molecule has 4 aromatic carbocycles. The Morgan fingerprint density at radius 3 is 2.43 bits per heavy atom. The Kier molecular flexibility index (Phi) is 10.9. The van der Waals surface area contributed by atoms with Crippen LogP contribution in [0.2, 0.25) is 0 Å². The van der Waals surface area contributed by atoms with Gasteiger partial charge in [0.15, 0.2) is 11.6 Å². The van der Waals surface area contributed by atoms with Gasteiger partial charge in [-0.3, -0.25) is 4.79 Å². The zero-order valence-electron chi connectivity index (χ0n) is 25.3. The molecule has 11 heteroatoms. The molecule has 1 amide bonds. The molecular formula is C35H34BrN5O5. The minimum atomic E-state index is -1.45. The van der Waals surface area contributed by atoms with Gasteiger partial charge in [-0.15, -0.1) is 0 Å². The quantitative estimate of drug-likeness (QED) is 0.0648. The highest BCUT2D eigenvalue weighted by Crippen LogP contribution is 2.44. The van der Waals surface area contributed by atoms with E-state index in [-0.39, 0.29) is 32.0 Å². The normalized spacial score (nSPS) is 16.9. The third-order valence-corrected chi connectivity index (χ3v) is 8.50. The number of aliphatic imine (C=N–C) groups is 1. The molecule has 0 radical (unpaired) electrons. The van der Waals surface area contributed by atoms with E-state index in [4.69, 9.17) is 29.8 Å². The maximum Gasteiger partial charge on any atom is 0.252 e. The van der Waals surface area contributed by atoms with Gasteiger partial charge in [-0.1, -0.05) is 81.7 Å². The van der Waals surface area contributed by atoms with E-state index in [1.165, 1.54) is 0 Å². The number of nitrogens with one attached hydrogen (secondary N) is 1. The first kappa shape index (κ1) is 32.6. The molecule has 0 bridgehead atoms. The minimum Gasteiger partial charge on any atom is -0.496 e. The number of carbonyl (C=O) groups is 1. The maximum absolute atomic E-state index is 14.7. The Morgan fingerprint density at radius 2 is 1.72 bits per heavy atom. The van der Waals surface area contributed by atoms with Crippen LogP contribution in [0.4, 0.5) is 0 Å². The van der Waals surface area contributed by atoms with Crippen LogP contribution in [-0.2, 0) is 29.0 Å². The number of hydrogen-bond acceptors (Lipinski definition) is 7. The van der Waals surface area contributed by atoms with Crippen LogP contribution >= 0.6 is 15.9 Å². The standard InChI is InChI=1S/C35H34BrN5O5/c1-44-31-14-7-4-11-27(31)22-38-34(43)35(21-25-9-3-6-13-30(25)36)32(29-12-5-2-10-26(29)23-39-41-37)46-33(40-35)24-15-17-28(18-16-24)45-20-8-19-42/h2-7,9-18,32,42H,8,19-23H2,1H3,(H,38,43)/t32-,35-/m1/s1. The average Bonchev–Trinajstić information content (AvgIpc) is 3.48. The molecular weight excluding hydrogens is 650 g/mol. The number of halogens is 1. The minimum absolute atomic E-state index is 0.0456.